The van der Waals surface area contributed by atoms with Crippen molar-refractivity contribution in [3.8, 4) is 22.6 Å². The molecule has 0 radical (unpaired) electrons. The van der Waals surface area contributed by atoms with Gasteiger partial charge in [-0.25, -0.2) is 8.42 Å². The van der Waals surface area contributed by atoms with Crippen LogP contribution in [-0.4, -0.2) is 30.8 Å². The molecule has 5 aromatic rings. The molecule has 9 heteroatoms. The van der Waals surface area contributed by atoms with Gasteiger partial charge in [0.05, 0.1) is 16.0 Å². The molecule has 0 bridgehead atoms. The third kappa shape index (κ3) is 5.62. The van der Waals surface area contributed by atoms with Crippen LogP contribution in [0.15, 0.2) is 108 Å². The van der Waals surface area contributed by atoms with Crippen molar-refractivity contribution in [2.24, 2.45) is 0 Å². The van der Waals surface area contributed by atoms with Crippen molar-refractivity contribution >= 4 is 20.9 Å². The zero-order valence-electron chi connectivity index (χ0n) is 22.5. The van der Waals surface area contributed by atoms with E-state index < -0.39 is 21.8 Å². The lowest BCUT2D eigenvalue weighted by Gasteiger charge is -2.17. The molecular formula is C33H27F3N2O3S. The fourth-order valence-corrected chi connectivity index (χ4v) is 6.91. The second-order valence-electron chi connectivity index (χ2n) is 10.2. The molecule has 1 fully saturated rings. The van der Waals surface area contributed by atoms with E-state index >= 15 is 0 Å². The Labute approximate surface area is 242 Å². The van der Waals surface area contributed by atoms with Gasteiger partial charge in [0, 0.05) is 24.7 Å². The molecule has 214 valence electrons. The summed E-state index contributed by atoms with van der Waals surface area (Å²) in [6.07, 6.45) is -0.841. The summed E-state index contributed by atoms with van der Waals surface area (Å²) >= 11 is 0. The second-order valence-corrected chi connectivity index (χ2v) is 12.2. The minimum atomic E-state index is -4.55. The maximum atomic E-state index is 13.9. The normalized spacial score (nSPS) is 14.4. The molecular weight excluding hydrogens is 561 g/mol. The van der Waals surface area contributed by atoms with Crippen LogP contribution in [0, 0.1) is 0 Å². The number of halogens is 3. The molecule has 0 amide bonds. The van der Waals surface area contributed by atoms with E-state index in [2.05, 4.69) is 4.98 Å². The predicted molar refractivity (Wildman–Crippen MR) is 156 cm³/mol. The van der Waals surface area contributed by atoms with Crippen molar-refractivity contribution in [3.05, 3.63) is 120 Å². The fourth-order valence-electron chi connectivity index (χ4n) is 5.39. The third-order valence-electron chi connectivity index (χ3n) is 7.40. The highest BCUT2D eigenvalue weighted by atomic mass is 32.2. The molecule has 6 rings (SSSR count). The molecule has 0 N–H and O–H groups in total. The number of sulfonamides is 1. The summed E-state index contributed by atoms with van der Waals surface area (Å²) in [5.41, 5.74) is 2.21. The van der Waals surface area contributed by atoms with Crippen LogP contribution in [0.5, 0.6) is 11.5 Å². The maximum absolute atomic E-state index is 13.9. The molecule has 1 aromatic heterocycles. The molecule has 0 unspecified atom stereocenters. The molecule has 0 aliphatic carbocycles. The van der Waals surface area contributed by atoms with Gasteiger partial charge in [-0.1, -0.05) is 54.6 Å². The Bertz CT molecular complexity index is 1840. The number of pyridine rings is 1. The number of hydrogen-bond acceptors (Lipinski definition) is 4. The summed E-state index contributed by atoms with van der Waals surface area (Å²) in [6, 6.07) is 27.2. The van der Waals surface area contributed by atoms with Gasteiger partial charge in [0.25, 0.3) is 0 Å². The van der Waals surface area contributed by atoms with E-state index in [1.54, 1.807) is 36.4 Å². The van der Waals surface area contributed by atoms with Crippen molar-refractivity contribution in [2.75, 3.05) is 13.1 Å². The van der Waals surface area contributed by atoms with Gasteiger partial charge in [-0.2, -0.15) is 17.5 Å². The topological polar surface area (TPSA) is 59.5 Å². The largest absolute Gasteiger partial charge is 0.457 e. The average Bonchev–Trinajstić information content (AvgIpc) is 3.54. The van der Waals surface area contributed by atoms with Gasteiger partial charge in [-0.05, 0) is 84.0 Å². The third-order valence-corrected chi connectivity index (χ3v) is 9.32. The van der Waals surface area contributed by atoms with Crippen molar-refractivity contribution in [2.45, 2.75) is 30.3 Å². The molecule has 0 atom stereocenters. The zero-order chi connectivity index (χ0) is 29.3. The van der Waals surface area contributed by atoms with Crippen LogP contribution in [0.4, 0.5) is 13.2 Å². The van der Waals surface area contributed by atoms with E-state index in [1.807, 2.05) is 36.4 Å². The summed E-state index contributed by atoms with van der Waals surface area (Å²) in [5, 5.41) is 0.395. The van der Waals surface area contributed by atoms with Crippen molar-refractivity contribution in [1.29, 1.82) is 0 Å². The van der Waals surface area contributed by atoms with E-state index in [0.717, 1.165) is 30.0 Å². The van der Waals surface area contributed by atoms with Gasteiger partial charge in [-0.3, -0.25) is 4.98 Å². The molecule has 1 aliphatic heterocycles. The molecule has 1 aliphatic rings. The number of nitrogens with zero attached hydrogens (tertiary/aromatic N) is 2. The minimum Gasteiger partial charge on any atom is -0.457 e. The number of para-hydroxylation sites is 1. The van der Waals surface area contributed by atoms with E-state index in [-0.39, 0.29) is 10.4 Å². The molecule has 4 aromatic carbocycles. The molecule has 5 nitrogen and oxygen atoms in total. The molecule has 0 saturated carbocycles. The lowest BCUT2D eigenvalue weighted by Crippen LogP contribution is -2.27. The van der Waals surface area contributed by atoms with Gasteiger partial charge >= 0.3 is 6.18 Å². The van der Waals surface area contributed by atoms with Crippen molar-refractivity contribution in [1.82, 2.24) is 9.29 Å². The number of ether oxygens (including phenoxy) is 1. The first-order valence-electron chi connectivity index (χ1n) is 13.6. The van der Waals surface area contributed by atoms with E-state index in [9.17, 15) is 21.6 Å². The Morgan fingerprint density at radius 1 is 0.810 bits per heavy atom. The van der Waals surface area contributed by atoms with Gasteiger partial charge in [0.15, 0.2) is 0 Å². The summed E-state index contributed by atoms with van der Waals surface area (Å²) in [4.78, 5) is 4.48. The standard InChI is InChI=1S/C33H27F3N2O3S/c34-33(35,36)30-13-7-12-29-31(25(22-37-32(29)30)20-23-8-2-1-3-9-23)24-10-6-11-27(21-24)41-26-14-16-28(17-15-26)42(39,40)38-18-4-5-19-38/h1-3,6-17,21-22H,4-5,18-20H2. The predicted octanol–water partition coefficient (Wildman–Crippen LogP) is 8.09. The molecule has 42 heavy (non-hydrogen) atoms. The fraction of sp³-hybridized carbons (Fsp3) is 0.182. The number of alkyl halides is 3. The van der Waals surface area contributed by atoms with E-state index in [4.69, 9.17) is 4.74 Å². The van der Waals surface area contributed by atoms with Crippen LogP contribution >= 0.6 is 0 Å². The Morgan fingerprint density at radius 3 is 2.24 bits per heavy atom. The van der Waals surface area contributed by atoms with Gasteiger partial charge in [0.2, 0.25) is 10.0 Å². The maximum Gasteiger partial charge on any atom is 0.418 e. The van der Waals surface area contributed by atoms with Crippen LogP contribution in [0.2, 0.25) is 0 Å². The van der Waals surface area contributed by atoms with Gasteiger partial charge in [-0.15, -0.1) is 0 Å². The highest BCUT2D eigenvalue weighted by Crippen LogP contribution is 2.40. The first-order valence-corrected chi connectivity index (χ1v) is 15.0. The number of aromatic nitrogens is 1. The Hall–Kier alpha value is -4.21. The van der Waals surface area contributed by atoms with Crippen molar-refractivity contribution < 1.29 is 26.3 Å². The van der Waals surface area contributed by atoms with E-state index in [1.165, 1.54) is 28.7 Å². The van der Waals surface area contributed by atoms with Crippen LogP contribution in [0.25, 0.3) is 22.0 Å². The monoisotopic (exact) mass is 588 g/mol. The number of rotatable bonds is 7. The Balaban J connectivity index is 1.38. The van der Waals surface area contributed by atoms with Crippen LogP contribution < -0.4 is 4.74 Å². The highest BCUT2D eigenvalue weighted by Gasteiger charge is 2.34. The highest BCUT2D eigenvalue weighted by molar-refractivity contribution is 7.89. The van der Waals surface area contributed by atoms with Crippen molar-refractivity contribution in [3.63, 3.8) is 0 Å². The van der Waals surface area contributed by atoms with E-state index in [0.29, 0.717) is 47.5 Å². The van der Waals surface area contributed by atoms with Gasteiger partial charge < -0.3 is 4.74 Å². The number of hydrogen-bond donors (Lipinski definition) is 0. The number of fused-ring (bicyclic) bond motifs is 1. The summed E-state index contributed by atoms with van der Waals surface area (Å²) in [5.74, 6) is 0.904. The Morgan fingerprint density at radius 2 is 1.52 bits per heavy atom. The summed E-state index contributed by atoms with van der Waals surface area (Å²) in [7, 11) is -3.54. The lowest BCUT2D eigenvalue weighted by molar-refractivity contribution is -0.136. The first kappa shape index (κ1) is 27.9. The number of benzene rings is 4. The Kier molecular flexibility index (Phi) is 7.47. The lowest BCUT2D eigenvalue weighted by atomic mass is 9.92. The smallest absolute Gasteiger partial charge is 0.418 e. The average molecular weight is 589 g/mol. The zero-order valence-corrected chi connectivity index (χ0v) is 23.3. The van der Waals surface area contributed by atoms with Gasteiger partial charge in [0.1, 0.15) is 11.5 Å². The quantitative estimate of drug-likeness (QED) is 0.193. The minimum absolute atomic E-state index is 0.113. The van der Waals surface area contributed by atoms with Crippen LogP contribution in [0.1, 0.15) is 29.5 Å². The SMILES string of the molecule is O=S(=O)(c1ccc(Oc2cccc(-c3c(Cc4ccccc4)cnc4c(C(F)(F)F)cccc34)c2)cc1)N1CCCC1. The molecule has 0 spiro atoms. The summed E-state index contributed by atoms with van der Waals surface area (Å²) in [6.45, 7) is 1.04. The van der Waals surface area contributed by atoms with Crippen LogP contribution in [-0.2, 0) is 22.6 Å². The molecule has 2 heterocycles. The summed E-state index contributed by atoms with van der Waals surface area (Å²) < 4.78 is 75.0. The van der Waals surface area contributed by atoms with Crippen LogP contribution in [0.3, 0.4) is 0 Å². The second kappa shape index (κ2) is 11.2. The first-order chi connectivity index (χ1) is 20.2. The molecule has 1 saturated heterocycles.